The number of carbonyl (C=O) groups excluding carboxylic acids is 3. The van der Waals surface area contributed by atoms with E-state index in [1.807, 2.05) is 31.1 Å². The standard InChI is InChI=1S/C32H31F2N3O4S2/c1-32(2,3)41-30(40)20-7-10-22(11-8-20)35-28(38)14-15-37-29(39)27(43-31(37)42)17-19-6-13-26(36(4)5)23(16-19)21-9-12-24(33)25(34)18-21/h6-13,16-18H,14-15H2,1-5H3,(H,35,38)/b27-17-. The molecule has 0 saturated carbocycles. The molecule has 11 heteroatoms. The van der Waals surface area contributed by atoms with Gasteiger partial charge in [0, 0.05) is 44.0 Å². The van der Waals surface area contributed by atoms with E-state index in [-0.39, 0.29) is 24.8 Å². The number of benzene rings is 3. The first-order valence-electron chi connectivity index (χ1n) is 13.4. The SMILES string of the molecule is CN(C)c1ccc(/C=C2\SC(=S)N(CCC(=O)Nc3ccc(C(=O)OC(C)(C)C)cc3)C2=O)cc1-c1ccc(F)c(F)c1. The van der Waals surface area contributed by atoms with Gasteiger partial charge in [-0.2, -0.15) is 0 Å². The van der Waals surface area contributed by atoms with Crippen LogP contribution in [0.5, 0.6) is 0 Å². The van der Waals surface area contributed by atoms with Gasteiger partial charge >= 0.3 is 5.97 Å². The molecule has 0 bridgehead atoms. The maximum atomic E-state index is 14.0. The predicted molar refractivity (Wildman–Crippen MR) is 171 cm³/mol. The lowest BCUT2D eigenvalue weighted by Gasteiger charge is -2.19. The van der Waals surface area contributed by atoms with Gasteiger partial charge in [0.05, 0.1) is 10.5 Å². The van der Waals surface area contributed by atoms with E-state index < -0.39 is 23.2 Å². The second-order valence-electron chi connectivity index (χ2n) is 11.0. The highest BCUT2D eigenvalue weighted by atomic mass is 32.2. The Bertz CT molecular complexity index is 1620. The van der Waals surface area contributed by atoms with Gasteiger partial charge < -0.3 is 15.0 Å². The van der Waals surface area contributed by atoms with Crippen molar-refractivity contribution in [3.63, 3.8) is 0 Å². The van der Waals surface area contributed by atoms with Crippen LogP contribution in [0.15, 0.2) is 65.6 Å². The second-order valence-corrected chi connectivity index (χ2v) is 12.7. The Balaban J connectivity index is 1.42. The third kappa shape index (κ3) is 8.05. The van der Waals surface area contributed by atoms with E-state index in [2.05, 4.69) is 5.32 Å². The van der Waals surface area contributed by atoms with Gasteiger partial charge in [-0.3, -0.25) is 14.5 Å². The third-order valence-electron chi connectivity index (χ3n) is 6.27. The second kappa shape index (κ2) is 13.0. The fraction of sp³-hybridized carbons (Fsp3) is 0.250. The summed E-state index contributed by atoms with van der Waals surface area (Å²) in [6, 6.07) is 15.5. The van der Waals surface area contributed by atoms with Crippen molar-refractivity contribution >= 4 is 63.5 Å². The molecule has 7 nitrogen and oxygen atoms in total. The number of anilines is 2. The van der Waals surface area contributed by atoms with E-state index in [0.29, 0.717) is 37.2 Å². The molecule has 0 atom stereocenters. The zero-order valence-corrected chi connectivity index (χ0v) is 26.0. The molecule has 224 valence electrons. The minimum absolute atomic E-state index is 0.00531. The molecule has 43 heavy (non-hydrogen) atoms. The molecule has 1 saturated heterocycles. The lowest BCUT2D eigenvalue weighted by molar-refractivity contribution is -0.122. The van der Waals surface area contributed by atoms with Crippen molar-refractivity contribution < 1.29 is 27.9 Å². The number of rotatable bonds is 8. The molecule has 1 aliphatic heterocycles. The Labute approximate surface area is 258 Å². The molecule has 2 amide bonds. The number of ether oxygens (including phenoxy) is 1. The average molecular weight is 624 g/mol. The van der Waals surface area contributed by atoms with Gasteiger partial charge in [0.15, 0.2) is 11.6 Å². The van der Waals surface area contributed by atoms with Crippen LogP contribution in [0.25, 0.3) is 17.2 Å². The number of nitrogens with zero attached hydrogens (tertiary/aromatic N) is 2. The lowest BCUT2D eigenvalue weighted by atomic mass is 9.99. The van der Waals surface area contributed by atoms with Crippen LogP contribution in [-0.4, -0.2) is 53.2 Å². The van der Waals surface area contributed by atoms with Gasteiger partial charge in [0.1, 0.15) is 9.92 Å². The van der Waals surface area contributed by atoms with Gasteiger partial charge in [-0.25, -0.2) is 13.6 Å². The van der Waals surface area contributed by atoms with Crippen molar-refractivity contribution in [3.05, 3.63) is 88.3 Å². The van der Waals surface area contributed by atoms with Crippen LogP contribution < -0.4 is 10.2 Å². The lowest BCUT2D eigenvalue weighted by Crippen LogP contribution is -2.31. The molecule has 0 unspecified atom stereocenters. The molecular weight excluding hydrogens is 592 g/mol. The van der Waals surface area contributed by atoms with Crippen molar-refractivity contribution in [1.29, 1.82) is 0 Å². The van der Waals surface area contributed by atoms with Crippen LogP contribution in [0.1, 0.15) is 43.1 Å². The largest absolute Gasteiger partial charge is 0.456 e. The number of thiocarbonyl (C=S) groups is 1. The van der Waals surface area contributed by atoms with Crippen LogP contribution in [0.3, 0.4) is 0 Å². The zero-order valence-electron chi connectivity index (χ0n) is 24.4. The van der Waals surface area contributed by atoms with Crippen molar-refractivity contribution in [3.8, 4) is 11.1 Å². The van der Waals surface area contributed by atoms with Crippen molar-refractivity contribution in [2.45, 2.75) is 32.8 Å². The maximum absolute atomic E-state index is 14.0. The first kappa shape index (κ1) is 31.8. The molecule has 1 N–H and O–H groups in total. The maximum Gasteiger partial charge on any atom is 0.338 e. The summed E-state index contributed by atoms with van der Waals surface area (Å²) in [5.41, 5.74) is 2.89. The van der Waals surface area contributed by atoms with Gasteiger partial charge in [-0.05, 0) is 86.5 Å². The van der Waals surface area contributed by atoms with Crippen LogP contribution in [0.4, 0.5) is 20.2 Å². The van der Waals surface area contributed by atoms with Crippen molar-refractivity contribution in [1.82, 2.24) is 4.90 Å². The van der Waals surface area contributed by atoms with E-state index in [9.17, 15) is 23.2 Å². The van der Waals surface area contributed by atoms with Crippen molar-refractivity contribution in [2.24, 2.45) is 0 Å². The highest BCUT2D eigenvalue weighted by Gasteiger charge is 2.32. The average Bonchev–Trinajstić information content (AvgIpc) is 3.19. The monoisotopic (exact) mass is 623 g/mol. The summed E-state index contributed by atoms with van der Waals surface area (Å²) >= 11 is 6.55. The quantitative estimate of drug-likeness (QED) is 0.166. The highest BCUT2D eigenvalue weighted by molar-refractivity contribution is 8.26. The highest BCUT2D eigenvalue weighted by Crippen LogP contribution is 2.36. The molecule has 0 spiro atoms. The predicted octanol–water partition coefficient (Wildman–Crippen LogP) is 6.88. The number of carbonyl (C=O) groups is 3. The third-order valence-corrected chi connectivity index (χ3v) is 7.65. The van der Waals surface area contributed by atoms with Gasteiger partial charge in [0.25, 0.3) is 5.91 Å². The van der Waals surface area contributed by atoms with E-state index in [0.717, 1.165) is 29.6 Å². The molecular formula is C32H31F2N3O4S2. The Kier molecular flexibility index (Phi) is 9.66. The van der Waals surface area contributed by atoms with Gasteiger partial charge in [-0.15, -0.1) is 0 Å². The minimum atomic E-state index is -0.949. The minimum Gasteiger partial charge on any atom is -0.456 e. The first-order chi connectivity index (χ1) is 20.2. The first-order valence-corrected chi connectivity index (χ1v) is 14.6. The molecule has 1 heterocycles. The number of esters is 1. The fourth-order valence-corrected chi connectivity index (χ4v) is 5.54. The summed E-state index contributed by atoms with van der Waals surface area (Å²) in [5.74, 6) is -2.98. The smallest absolute Gasteiger partial charge is 0.338 e. The van der Waals surface area contributed by atoms with Crippen LogP contribution in [-0.2, 0) is 14.3 Å². The molecule has 3 aromatic rings. The van der Waals surface area contributed by atoms with Gasteiger partial charge in [-0.1, -0.05) is 36.1 Å². The normalized spacial score (nSPS) is 14.3. The van der Waals surface area contributed by atoms with E-state index in [1.165, 1.54) is 11.0 Å². The molecule has 0 aliphatic carbocycles. The number of hydrogen-bond donors (Lipinski definition) is 1. The number of nitrogens with one attached hydrogen (secondary N) is 1. The Hall–Kier alpha value is -4.09. The number of thioether (sulfide) groups is 1. The summed E-state index contributed by atoms with van der Waals surface area (Å²) in [4.78, 5) is 41.6. The molecule has 4 rings (SSSR count). The summed E-state index contributed by atoms with van der Waals surface area (Å²) in [6.07, 6.45) is 1.69. The van der Waals surface area contributed by atoms with Crippen LogP contribution in [0, 0.1) is 11.6 Å². The molecule has 1 fully saturated rings. The Morgan fingerprint density at radius 3 is 2.35 bits per heavy atom. The van der Waals surface area contributed by atoms with Crippen LogP contribution >= 0.6 is 24.0 Å². The fourth-order valence-electron chi connectivity index (χ4n) is 4.24. The van der Waals surface area contributed by atoms with Crippen molar-refractivity contribution in [2.75, 3.05) is 30.9 Å². The summed E-state index contributed by atoms with van der Waals surface area (Å²) in [7, 11) is 3.69. The Morgan fingerprint density at radius 1 is 1.02 bits per heavy atom. The molecule has 3 aromatic carbocycles. The van der Waals surface area contributed by atoms with E-state index in [1.54, 1.807) is 57.2 Å². The summed E-state index contributed by atoms with van der Waals surface area (Å²) < 4.78 is 33.2. The van der Waals surface area contributed by atoms with Gasteiger partial charge in [0.2, 0.25) is 5.91 Å². The number of amides is 2. The van der Waals surface area contributed by atoms with E-state index in [4.69, 9.17) is 17.0 Å². The molecule has 1 aliphatic rings. The topological polar surface area (TPSA) is 78.9 Å². The summed E-state index contributed by atoms with van der Waals surface area (Å²) in [6.45, 7) is 5.44. The molecule has 0 radical (unpaired) electrons. The summed E-state index contributed by atoms with van der Waals surface area (Å²) in [5, 5.41) is 2.76. The zero-order chi connectivity index (χ0) is 31.5. The Morgan fingerprint density at radius 2 is 1.72 bits per heavy atom. The number of halogens is 2. The molecule has 0 aromatic heterocycles. The van der Waals surface area contributed by atoms with Crippen LogP contribution in [0.2, 0.25) is 0 Å². The number of hydrogen-bond acceptors (Lipinski definition) is 7. The van der Waals surface area contributed by atoms with E-state index >= 15 is 0 Å².